The van der Waals surface area contributed by atoms with Crippen LogP contribution < -0.4 is 4.31 Å². The minimum Gasteiger partial charge on any atom is -0.343 e. The average molecular weight is 353 g/mol. The highest BCUT2D eigenvalue weighted by Crippen LogP contribution is 2.20. The van der Waals surface area contributed by atoms with E-state index in [4.69, 9.17) is 0 Å². The fourth-order valence-corrected chi connectivity index (χ4v) is 3.95. The highest BCUT2D eigenvalue weighted by molar-refractivity contribution is 7.92. The molecular weight excluding hydrogens is 324 g/mol. The Kier molecular flexibility index (Phi) is 6.27. The lowest BCUT2D eigenvalue weighted by atomic mass is 9.99. The third-order valence-corrected chi connectivity index (χ3v) is 5.80. The molecule has 0 aromatic heterocycles. The van der Waals surface area contributed by atoms with Crippen LogP contribution in [-0.4, -0.2) is 45.1 Å². The molecule has 0 atom stereocenters. The zero-order valence-electron chi connectivity index (χ0n) is 14.9. The van der Waals surface area contributed by atoms with E-state index in [9.17, 15) is 13.2 Å². The molecule has 0 saturated carbocycles. The maximum atomic E-state index is 12.3. The summed E-state index contributed by atoms with van der Waals surface area (Å²) in [5.74, 6) is 0.829. The Labute approximate surface area is 145 Å². The number of piperidine rings is 1. The molecule has 0 bridgehead atoms. The summed E-state index contributed by atoms with van der Waals surface area (Å²) >= 11 is 0. The van der Waals surface area contributed by atoms with E-state index >= 15 is 0 Å². The third-order valence-electron chi connectivity index (χ3n) is 4.61. The first-order chi connectivity index (χ1) is 11.3. The Morgan fingerprint density at radius 2 is 1.79 bits per heavy atom. The topological polar surface area (TPSA) is 57.7 Å². The molecule has 1 aliphatic rings. The summed E-state index contributed by atoms with van der Waals surface area (Å²) in [6.07, 6.45) is 4.26. The predicted molar refractivity (Wildman–Crippen MR) is 97.6 cm³/mol. The quantitative estimate of drug-likeness (QED) is 0.791. The van der Waals surface area contributed by atoms with Gasteiger partial charge < -0.3 is 4.90 Å². The summed E-state index contributed by atoms with van der Waals surface area (Å²) in [6, 6.07) is 7.41. The summed E-state index contributed by atoms with van der Waals surface area (Å²) in [6.45, 7) is 6.17. The molecule has 1 saturated heterocycles. The summed E-state index contributed by atoms with van der Waals surface area (Å²) in [5.41, 5.74) is 1.74. The minimum atomic E-state index is -3.35. The lowest BCUT2D eigenvalue weighted by Gasteiger charge is -2.30. The zero-order valence-corrected chi connectivity index (χ0v) is 15.7. The molecule has 134 valence electrons. The molecule has 0 aliphatic carbocycles. The molecule has 0 N–H and O–H groups in total. The van der Waals surface area contributed by atoms with Crippen LogP contribution in [0.5, 0.6) is 0 Å². The fourth-order valence-electron chi connectivity index (χ4n) is 2.99. The van der Waals surface area contributed by atoms with Crippen molar-refractivity contribution < 1.29 is 13.2 Å². The molecule has 1 amide bonds. The molecule has 1 aliphatic heterocycles. The number of anilines is 1. The number of aryl methyl sites for hydroxylation is 1. The van der Waals surface area contributed by atoms with Crippen LogP contribution in [0.15, 0.2) is 24.3 Å². The number of benzene rings is 1. The molecule has 1 aromatic carbocycles. The molecule has 0 unspecified atom stereocenters. The molecule has 1 fully saturated rings. The van der Waals surface area contributed by atoms with E-state index in [0.717, 1.165) is 31.5 Å². The summed E-state index contributed by atoms with van der Waals surface area (Å²) in [5, 5.41) is 0. The molecule has 6 heteroatoms. The summed E-state index contributed by atoms with van der Waals surface area (Å²) in [4.78, 5) is 14.2. The molecular formula is C18H28N2O3S. The molecule has 0 radical (unpaired) electrons. The SMILES string of the molecule is Cc1ccc(N(CCCC(=O)N2CCC(C)CC2)S(C)(=O)=O)cc1. The van der Waals surface area contributed by atoms with Gasteiger partial charge in [-0.05, 0) is 44.2 Å². The number of carbonyl (C=O) groups is 1. The van der Waals surface area contributed by atoms with Crippen molar-refractivity contribution in [3.8, 4) is 0 Å². The van der Waals surface area contributed by atoms with Crippen molar-refractivity contribution in [2.45, 2.75) is 39.5 Å². The van der Waals surface area contributed by atoms with Crippen LogP contribution in [0.3, 0.4) is 0 Å². The Hall–Kier alpha value is -1.56. The molecule has 24 heavy (non-hydrogen) atoms. The Balaban J connectivity index is 1.91. The van der Waals surface area contributed by atoms with E-state index in [1.807, 2.05) is 36.1 Å². The highest BCUT2D eigenvalue weighted by Gasteiger charge is 2.21. The van der Waals surface area contributed by atoms with E-state index in [0.29, 0.717) is 31.0 Å². The predicted octanol–water partition coefficient (Wildman–Crippen LogP) is 2.80. The average Bonchev–Trinajstić information content (AvgIpc) is 2.52. The van der Waals surface area contributed by atoms with Crippen LogP contribution in [0.4, 0.5) is 5.69 Å². The summed E-state index contributed by atoms with van der Waals surface area (Å²) < 4.78 is 25.5. The van der Waals surface area contributed by atoms with Crippen molar-refractivity contribution >= 4 is 21.6 Å². The van der Waals surface area contributed by atoms with E-state index in [1.165, 1.54) is 10.6 Å². The van der Waals surface area contributed by atoms with Crippen LogP contribution >= 0.6 is 0 Å². The lowest BCUT2D eigenvalue weighted by Crippen LogP contribution is -2.38. The van der Waals surface area contributed by atoms with Gasteiger partial charge in [-0.15, -0.1) is 0 Å². The first kappa shape index (κ1) is 18.8. The van der Waals surface area contributed by atoms with Crippen molar-refractivity contribution in [2.75, 3.05) is 30.2 Å². The Morgan fingerprint density at radius 3 is 2.33 bits per heavy atom. The van der Waals surface area contributed by atoms with Gasteiger partial charge in [0.1, 0.15) is 0 Å². The number of likely N-dealkylation sites (tertiary alicyclic amines) is 1. The smallest absolute Gasteiger partial charge is 0.232 e. The number of rotatable bonds is 6. The van der Waals surface area contributed by atoms with Gasteiger partial charge in [0.05, 0.1) is 11.9 Å². The lowest BCUT2D eigenvalue weighted by molar-refractivity contribution is -0.132. The molecule has 0 spiro atoms. The minimum absolute atomic E-state index is 0.138. The van der Waals surface area contributed by atoms with Crippen LogP contribution in [0.2, 0.25) is 0 Å². The van der Waals surface area contributed by atoms with Gasteiger partial charge in [0.2, 0.25) is 15.9 Å². The Morgan fingerprint density at radius 1 is 1.21 bits per heavy atom. The van der Waals surface area contributed by atoms with Crippen molar-refractivity contribution in [2.24, 2.45) is 5.92 Å². The van der Waals surface area contributed by atoms with Crippen LogP contribution in [-0.2, 0) is 14.8 Å². The van der Waals surface area contributed by atoms with Gasteiger partial charge in [0.25, 0.3) is 0 Å². The van der Waals surface area contributed by atoms with Crippen molar-refractivity contribution in [3.63, 3.8) is 0 Å². The second-order valence-electron chi connectivity index (χ2n) is 6.84. The number of nitrogens with zero attached hydrogens (tertiary/aromatic N) is 2. The van der Waals surface area contributed by atoms with Crippen LogP contribution in [0.25, 0.3) is 0 Å². The molecule has 1 heterocycles. The largest absolute Gasteiger partial charge is 0.343 e. The van der Waals surface area contributed by atoms with Gasteiger partial charge in [-0.1, -0.05) is 24.6 Å². The standard InChI is InChI=1S/C18H28N2O3S/c1-15-6-8-17(9-7-15)20(24(3,22)23)12-4-5-18(21)19-13-10-16(2)11-14-19/h6-9,16H,4-5,10-14H2,1-3H3. The van der Waals surface area contributed by atoms with E-state index < -0.39 is 10.0 Å². The van der Waals surface area contributed by atoms with Crippen molar-refractivity contribution in [1.29, 1.82) is 0 Å². The van der Waals surface area contributed by atoms with Crippen LogP contribution in [0.1, 0.15) is 38.2 Å². The second kappa shape index (κ2) is 8.01. The zero-order chi connectivity index (χ0) is 17.7. The molecule has 5 nitrogen and oxygen atoms in total. The number of amides is 1. The van der Waals surface area contributed by atoms with Gasteiger partial charge >= 0.3 is 0 Å². The van der Waals surface area contributed by atoms with Gasteiger partial charge in [0, 0.05) is 26.1 Å². The third kappa shape index (κ3) is 5.23. The highest BCUT2D eigenvalue weighted by atomic mass is 32.2. The first-order valence-electron chi connectivity index (χ1n) is 8.59. The maximum Gasteiger partial charge on any atom is 0.232 e. The normalized spacial score (nSPS) is 16.2. The number of sulfonamides is 1. The fraction of sp³-hybridized carbons (Fsp3) is 0.611. The van der Waals surface area contributed by atoms with Crippen LogP contribution in [0, 0.1) is 12.8 Å². The first-order valence-corrected chi connectivity index (χ1v) is 10.4. The van der Waals surface area contributed by atoms with Gasteiger partial charge in [-0.3, -0.25) is 9.10 Å². The van der Waals surface area contributed by atoms with E-state index in [-0.39, 0.29) is 5.91 Å². The number of carbonyl (C=O) groups excluding carboxylic acids is 1. The van der Waals surface area contributed by atoms with E-state index in [1.54, 1.807) is 0 Å². The monoisotopic (exact) mass is 352 g/mol. The van der Waals surface area contributed by atoms with Crippen molar-refractivity contribution in [3.05, 3.63) is 29.8 Å². The number of hydrogen-bond donors (Lipinski definition) is 0. The van der Waals surface area contributed by atoms with Gasteiger partial charge in [-0.2, -0.15) is 0 Å². The Bertz CT molecular complexity index is 647. The number of hydrogen-bond acceptors (Lipinski definition) is 3. The second-order valence-corrected chi connectivity index (χ2v) is 8.74. The summed E-state index contributed by atoms with van der Waals surface area (Å²) in [7, 11) is -3.35. The maximum absolute atomic E-state index is 12.3. The van der Waals surface area contributed by atoms with Gasteiger partial charge in [0.15, 0.2) is 0 Å². The van der Waals surface area contributed by atoms with Gasteiger partial charge in [-0.25, -0.2) is 8.42 Å². The van der Waals surface area contributed by atoms with E-state index in [2.05, 4.69) is 6.92 Å². The molecule has 2 rings (SSSR count). The van der Waals surface area contributed by atoms with Crippen molar-refractivity contribution in [1.82, 2.24) is 4.90 Å². The molecule has 1 aromatic rings.